The molecule has 1 aromatic carbocycles. The number of carbonyl (C=O) groups is 3. The third-order valence-corrected chi connectivity index (χ3v) is 3.69. The number of ether oxygens (including phenoxy) is 2. The number of rotatable bonds is 3. The Kier molecular flexibility index (Phi) is 4.81. The Morgan fingerprint density at radius 1 is 1.14 bits per heavy atom. The quantitative estimate of drug-likeness (QED) is 0.787. The van der Waals surface area contributed by atoms with Crippen LogP contribution in [0.25, 0.3) is 0 Å². The first kappa shape index (κ1) is 16.0. The van der Waals surface area contributed by atoms with Gasteiger partial charge in [0.2, 0.25) is 0 Å². The summed E-state index contributed by atoms with van der Waals surface area (Å²) in [4.78, 5) is 35.5. The molecule has 0 aromatic heterocycles. The zero-order chi connectivity index (χ0) is 16.3. The maximum atomic E-state index is 12.0. The van der Waals surface area contributed by atoms with E-state index in [1.54, 1.807) is 0 Å². The Morgan fingerprint density at radius 2 is 1.68 bits per heavy atom. The summed E-state index contributed by atoms with van der Waals surface area (Å²) in [7, 11) is 2.47. The number of nitrogens with zero attached hydrogens (tertiary/aromatic N) is 2. The summed E-state index contributed by atoms with van der Waals surface area (Å²) in [5, 5.41) is 6.00. The normalized spacial score (nSPS) is 13.9. The molecule has 116 valence electrons. The van der Waals surface area contributed by atoms with E-state index >= 15 is 0 Å². The molecule has 0 N–H and O–H groups in total. The molecule has 0 saturated carbocycles. The lowest BCUT2D eigenvalue weighted by atomic mass is 10.1. The van der Waals surface area contributed by atoms with Crippen LogP contribution >= 0.6 is 11.8 Å². The standard InChI is InChI=1S/C14H14N2O5S/c1-20-13(18)8-4-9(14(19)21-2)6-10(5-8)16-12(17)7-11(15-16)22-3/h4-6H,7H2,1-3H3. The van der Waals surface area contributed by atoms with E-state index in [1.165, 1.54) is 49.2 Å². The van der Waals surface area contributed by atoms with Gasteiger partial charge in [-0.25, -0.2) is 9.59 Å². The smallest absolute Gasteiger partial charge is 0.337 e. The summed E-state index contributed by atoms with van der Waals surface area (Å²) in [6.45, 7) is 0. The molecular formula is C14H14N2O5S. The highest BCUT2D eigenvalue weighted by molar-refractivity contribution is 8.13. The number of benzene rings is 1. The van der Waals surface area contributed by atoms with Gasteiger partial charge in [0.15, 0.2) is 0 Å². The minimum absolute atomic E-state index is 0.140. The van der Waals surface area contributed by atoms with Crippen molar-refractivity contribution in [2.24, 2.45) is 5.10 Å². The molecule has 1 aliphatic heterocycles. The molecule has 2 rings (SSSR count). The highest BCUT2D eigenvalue weighted by atomic mass is 32.2. The molecule has 0 atom stereocenters. The molecule has 8 heteroatoms. The second-order valence-electron chi connectivity index (χ2n) is 4.33. The van der Waals surface area contributed by atoms with Gasteiger partial charge in [-0.05, 0) is 24.5 Å². The first-order valence-electron chi connectivity index (χ1n) is 6.26. The van der Waals surface area contributed by atoms with Gasteiger partial charge < -0.3 is 9.47 Å². The molecule has 0 aliphatic carbocycles. The van der Waals surface area contributed by atoms with E-state index in [-0.39, 0.29) is 23.5 Å². The van der Waals surface area contributed by atoms with E-state index in [2.05, 4.69) is 14.6 Å². The maximum Gasteiger partial charge on any atom is 0.337 e. The second-order valence-corrected chi connectivity index (χ2v) is 5.21. The summed E-state index contributed by atoms with van der Waals surface area (Å²) in [6, 6.07) is 4.24. The van der Waals surface area contributed by atoms with Crippen LogP contribution < -0.4 is 5.01 Å². The monoisotopic (exact) mass is 322 g/mol. The fourth-order valence-electron chi connectivity index (χ4n) is 1.93. The van der Waals surface area contributed by atoms with Crippen molar-refractivity contribution in [2.45, 2.75) is 6.42 Å². The second kappa shape index (κ2) is 6.61. The molecule has 0 spiro atoms. The number of hydrogen-bond acceptors (Lipinski definition) is 7. The lowest BCUT2D eigenvalue weighted by molar-refractivity contribution is -0.116. The summed E-state index contributed by atoms with van der Waals surface area (Å²) < 4.78 is 9.31. The number of anilines is 1. The lowest BCUT2D eigenvalue weighted by Gasteiger charge is -2.14. The van der Waals surface area contributed by atoms with Crippen molar-refractivity contribution >= 4 is 40.3 Å². The minimum Gasteiger partial charge on any atom is -0.465 e. The number of carbonyl (C=O) groups excluding carboxylic acids is 3. The Labute approximate surface area is 131 Å². The van der Waals surface area contributed by atoms with E-state index in [9.17, 15) is 14.4 Å². The van der Waals surface area contributed by atoms with E-state index in [0.29, 0.717) is 10.7 Å². The Hall–Kier alpha value is -2.35. The molecule has 1 amide bonds. The number of amides is 1. The van der Waals surface area contributed by atoms with Crippen LogP contribution in [0.4, 0.5) is 5.69 Å². The minimum atomic E-state index is -0.618. The molecule has 0 unspecified atom stereocenters. The van der Waals surface area contributed by atoms with Gasteiger partial charge in [0.25, 0.3) is 5.91 Å². The topological polar surface area (TPSA) is 85.3 Å². The van der Waals surface area contributed by atoms with Crippen LogP contribution in [0.3, 0.4) is 0 Å². The van der Waals surface area contributed by atoms with Gasteiger partial charge in [-0.3, -0.25) is 4.79 Å². The van der Waals surface area contributed by atoms with Crippen LogP contribution in [0, 0.1) is 0 Å². The number of hydrogen-bond donors (Lipinski definition) is 0. The van der Waals surface area contributed by atoms with Gasteiger partial charge >= 0.3 is 11.9 Å². The summed E-state index contributed by atoms with van der Waals surface area (Å²) >= 11 is 1.37. The lowest BCUT2D eigenvalue weighted by Crippen LogP contribution is -2.21. The molecule has 0 fully saturated rings. The Balaban J connectivity index is 2.51. The van der Waals surface area contributed by atoms with E-state index in [0.717, 1.165) is 0 Å². The molecule has 7 nitrogen and oxygen atoms in total. The van der Waals surface area contributed by atoms with E-state index in [4.69, 9.17) is 0 Å². The average molecular weight is 322 g/mol. The van der Waals surface area contributed by atoms with Crippen molar-refractivity contribution < 1.29 is 23.9 Å². The highest BCUT2D eigenvalue weighted by Crippen LogP contribution is 2.26. The van der Waals surface area contributed by atoms with Crippen LogP contribution in [0.2, 0.25) is 0 Å². The van der Waals surface area contributed by atoms with Crippen molar-refractivity contribution in [3.8, 4) is 0 Å². The zero-order valence-electron chi connectivity index (χ0n) is 12.3. The van der Waals surface area contributed by atoms with Gasteiger partial charge in [0, 0.05) is 0 Å². The van der Waals surface area contributed by atoms with Crippen LogP contribution in [0.1, 0.15) is 27.1 Å². The fraction of sp³-hybridized carbons (Fsp3) is 0.286. The zero-order valence-corrected chi connectivity index (χ0v) is 13.1. The van der Waals surface area contributed by atoms with Crippen LogP contribution in [0.5, 0.6) is 0 Å². The Morgan fingerprint density at radius 3 is 2.09 bits per heavy atom. The SMILES string of the molecule is COC(=O)c1cc(C(=O)OC)cc(N2N=C(SC)CC2=O)c1. The van der Waals surface area contributed by atoms with Crippen LogP contribution in [-0.4, -0.2) is 43.4 Å². The molecular weight excluding hydrogens is 308 g/mol. The first-order valence-corrected chi connectivity index (χ1v) is 7.48. The molecule has 22 heavy (non-hydrogen) atoms. The number of methoxy groups -OCH3 is 2. The summed E-state index contributed by atoms with van der Waals surface area (Å²) in [6.07, 6.45) is 2.01. The van der Waals surface area contributed by atoms with E-state index < -0.39 is 11.9 Å². The van der Waals surface area contributed by atoms with Crippen LogP contribution in [0.15, 0.2) is 23.3 Å². The van der Waals surface area contributed by atoms with Crippen molar-refractivity contribution in [3.05, 3.63) is 29.3 Å². The summed E-state index contributed by atoms with van der Waals surface area (Å²) in [5.74, 6) is -1.47. The first-order chi connectivity index (χ1) is 10.5. The van der Waals surface area contributed by atoms with Gasteiger partial charge in [-0.15, -0.1) is 11.8 Å². The Bertz CT molecular complexity index is 637. The number of hydrazone groups is 1. The van der Waals surface area contributed by atoms with Gasteiger partial charge in [-0.2, -0.15) is 10.1 Å². The third kappa shape index (κ3) is 3.11. The predicted molar refractivity (Wildman–Crippen MR) is 82.2 cm³/mol. The van der Waals surface area contributed by atoms with Gasteiger partial charge in [0.1, 0.15) is 5.04 Å². The average Bonchev–Trinajstić information content (AvgIpc) is 2.93. The largest absolute Gasteiger partial charge is 0.465 e. The molecule has 1 heterocycles. The van der Waals surface area contributed by atoms with Crippen molar-refractivity contribution in [1.82, 2.24) is 0 Å². The highest BCUT2D eigenvalue weighted by Gasteiger charge is 2.26. The molecule has 0 radical (unpaired) electrons. The number of esters is 2. The fourth-order valence-corrected chi connectivity index (χ4v) is 2.36. The molecule has 1 aliphatic rings. The molecule has 1 aromatic rings. The van der Waals surface area contributed by atoms with E-state index in [1.807, 2.05) is 6.26 Å². The molecule has 0 bridgehead atoms. The van der Waals surface area contributed by atoms with Gasteiger partial charge in [0.05, 0.1) is 37.5 Å². The van der Waals surface area contributed by atoms with Crippen molar-refractivity contribution in [2.75, 3.05) is 25.5 Å². The van der Waals surface area contributed by atoms with Gasteiger partial charge in [-0.1, -0.05) is 0 Å². The van der Waals surface area contributed by atoms with Crippen molar-refractivity contribution in [1.29, 1.82) is 0 Å². The predicted octanol–water partition coefficient (Wildman–Crippen LogP) is 1.67. The van der Waals surface area contributed by atoms with Crippen LogP contribution in [-0.2, 0) is 14.3 Å². The third-order valence-electron chi connectivity index (χ3n) is 2.99. The van der Waals surface area contributed by atoms with Crippen molar-refractivity contribution in [3.63, 3.8) is 0 Å². The summed E-state index contributed by atoms with van der Waals surface area (Å²) in [5.41, 5.74) is 0.597. The maximum absolute atomic E-state index is 12.0. The molecule has 0 saturated heterocycles. The number of thioether (sulfide) groups is 1.